The summed E-state index contributed by atoms with van der Waals surface area (Å²) in [6.07, 6.45) is -0.136. The molecule has 0 aliphatic heterocycles. The van der Waals surface area contributed by atoms with E-state index in [0.717, 1.165) is 12.1 Å². The maximum absolute atomic E-state index is 12.0. The molecule has 3 nitrogen and oxygen atoms in total. The zero-order valence-electron chi connectivity index (χ0n) is 8.68. The third-order valence-corrected chi connectivity index (χ3v) is 2.56. The number of esters is 1. The van der Waals surface area contributed by atoms with Gasteiger partial charge in [0.15, 0.2) is 0 Å². The summed E-state index contributed by atoms with van der Waals surface area (Å²) in [4.78, 5) is 11.1. The average molecular weight is 285 g/mol. The molecule has 0 atom stereocenters. The van der Waals surface area contributed by atoms with Crippen LogP contribution < -0.4 is 4.74 Å². The van der Waals surface area contributed by atoms with Gasteiger partial charge in [0.2, 0.25) is 0 Å². The first-order chi connectivity index (χ1) is 7.93. The summed E-state index contributed by atoms with van der Waals surface area (Å²) < 4.78 is 32.5. The predicted molar refractivity (Wildman–Crippen MR) is 58.8 cm³/mol. The summed E-state index contributed by atoms with van der Waals surface area (Å²) in [5.74, 6) is -0.694. The highest BCUT2D eigenvalue weighted by Crippen LogP contribution is 2.31. The third-order valence-electron chi connectivity index (χ3n) is 1.89. The smallest absolute Gasteiger partial charge is 0.387 e. The summed E-state index contributed by atoms with van der Waals surface area (Å²) in [6, 6.07) is 2.33. The van der Waals surface area contributed by atoms with Crippen LogP contribution in [0.1, 0.15) is 5.56 Å². The van der Waals surface area contributed by atoms with Gasteiger partial charge in [-0.05, 0) is 12.1 Å². The number of benzene rings is 1. The second kappa shape index (κ2) is 6.02. The Kier molecular flexibility index (Phi) is 4.96. The SMILES string of the molecule is COC(=O)Cc1c(Cl)cc(OC(F)F)cc1Cl. The lowest BCUT2D eigenvalue weighted by molar-refractivity contribution is -0.139. The van der Waals surface area contributed by atoms with E-state index in [9.17, 15) is 13.6 Å². The Morgan fingerprint density at radius 1 is 1.35 bits per heavy atom. The minimum absolute atomic E-state index is 0.0681. The predicted octanol–water partition coefficient (Wildman–Crippen LogP) is 3.31. The normalized spacial score (nSPS) is 10.5. The summed E-state index contributed by atoms with van der Waals surface area (Å²) in [7, 11) is 1.22. The van der Waals surface area contributed by atoms with Crippen molar-refractivity contribution < 1.29 is 23.0 Å². The number of ether oxygens (including phenoxy) is 2. The van der Waals surface area contributed by atoms with E-state index in [2.05, 4.69) is 9.47 Å². The number of carbonyl (C=O) groups excluding carboxylic acids is 1. The number of carbonyl (C=O) groups is 1. The van der Waals surface area contributed by atoms with Crippen LogP contribution in [-0.4, -0.2) is 19.7 Å². The Morgan fingerprint density at radius 2 is 1.88 bits per heavy atom. The molecular formula is C10H8Cl2F2O3. The highest BCUT2D eigenvalue weighted by molar-refractivity contribution is 6.36. The van der Waals surface area contributed by atoms with Crippen LogP contribution >= 0.6 is 23.2 Å². The van der Waals surface area contributed by atoms with Gasteiger partial charge in [0.05, 0.1) is 13.5 Å². The second-order valence-electron chi connectivity index (χ2n) is 3.00. The van der Waals surface area contributed by atoms with E-state index in [0.29, 0.717) is 5.56 Å². The second-order valence-corrected chi connectivity index (χ2v) is 3.81. The molecule has 7 heteroatoms. The summed E-state index contributed by atoms with van der Waals surface area (Å²) >= 11 is 11.6. The van der Waals surface area contributed by atoms with Gasteiger partial charge in [-0.2, -0.15) is 8.78 Å². The van der Waals surface area contributed by atoms with Crippen molar-refractivity contribution in [3.05, 3.63) is 27.7 Å². The van der Waals surface area contributed by atoms with E-state index in [-0.39, 0.29) is 22.2 Å². The molecule has 0 unspecified atom stereocenters. The fourth-order valence-electron chi connectivity index (χ4n) is 1.14. The standard InChI is InChI=1S/C10H8Cl2F2O3/c1-16-9(15)4-6-7(11)2-5(3-8(6)12)17-10(13)14/h2-3,10H,4H2,1H3. The number of hydrogen-bond donors (Lipinski definition) is 0. The van der Waals surface area contributed by atoms with Crippen molar-refractivity contribution >= 4 is 29.2 Å². The molecule has 0 aromatic heterocycles. The molecule has 0 saturated carbocycles. The van der Waals surface area contributed by atoms with E-state index in [4.69, 9.17) is 23.2 Å². The minimum atomic E-state index is -2.96. The lowest BCUT2D eigenvalue weighted by Gasteiger charge is -2.09. The lowest BCUT2D eigenvalue weighted by atomic mass is 10.1. The molecule has 0 N–H and O–H groups in total. The first-order valence-corrected chi connectivity index (χ1v) is 5.19. The summed E-state index contributed by atoms with van der Waals surface area (Å²) in [6.45, 7) is -2.96. The molecule has 0 aliphatic rings. The van der Waals surface area contributed by atoms with Gasteiger partial charge >= 0.3 is 12.6 Å². The maximum Gasteiger partial charge on any atom is 0.387 e. The molecule has 0 amide bonds. The van der Waals surface area contributed by atoms with Crippen LogP contribution in [0.2, 0.25) is 10.0 Å². The van der Waals surface area contributed by atoms with E-state index >= 15 is 0 Å². The van der Waals surface area contributed by atoms with E-state index in [1.54, 1.807) is 0 Å². The van der Waals surface area contributed by atoms with Crippen molar-refractivity contribution in [2.75, 3.05) is 7.11 Å². The van der Waals surface area contributed by atoms with E-state index < -0.39 is 12.6 Å². The molecule has 0 heterocycles. The minimum Gasteiger partial charge on any atom is -0.469 e. The monoisotopic (exact) mass is 284 g/mol. The summed E-state index contributed by atoms with van der Waals surface area (Å²) in [5, 5.41) is 0.136. The fourth-order valence-corrected chi connectivity index (χ4v) is 1.74. The van der Waals surface area contributed by atoms with Gasteiger partial charge in [0, 0.05) is 15.6 Å². The average Bonchev–Trinajstić information content (AvgIpc) is 2.22. The van der Waals surface area contributed by atoms with Crippen molar-refractivity contribution in [3.63, 3.8) is 0 Å². The molecular weight excluding hydrogens is 277 g/mol. The maximum atomic E-state index is 12.0. The molecule has 1 aromatic rings. The van der Waals surface area contributed by atoms with Crippen molar-refractivity contribution in [1.29, 1.82) is 0 Å². The van der Waals surface area contributed by atoms with Gasteiger partial charge in [-0.25, -0.2) is 0 Å². The Balaban J connectivity index is 2.98. The van der Waals surface area contributed by atoms with Gasteiger partial charge in [-0.1, -0.05) is 23.2 Å². The zero-order valence-corrected chi connectivity index (χ0v) is 10.2. The molecule has 0 bridgehead atoms. The molecule has 0 radical (unpaired) electrons. The van der Waals surface area contributed by atoms with Crippen molar-refractivity contribution in [3.8, 4) is 5.75 Å². The van der Waals surface area contributed by atoms with Gasteiger partial charge in [-0.3, -0.25) is 4.79 Å². The molecule has 1 aromatic carbocycles. The molecule has 17 heavy (non-hydrogen) atoms. The van der Waals surface area contributed by atoms with Crippen LogP contribution in [0.15, 0.2) is 12.1 Å². The first-order valence-electron chi connectivity index (χ1n) is 4.43. The van der Waals surface area contributed by atoms with Crippen LogP contribution in [0, 0.1) is 0 Å². The number of rotatable bonds is 4. The molecule has 1 rings (SSSR count). The lowest BCUT2D eigenvalue weighted by Crippen LogP contribution is -2.07. The summed E-state index contributed by atoms with van der Waals surface area (Å²) in [5.41, 5.74) is 0.307. The van der Waals surface area contributed by atoms with Crippen LogP contribution in [0.5, 0.6) is 5.75 Å². The van der Waals surface area contributed by atoms with E-state index in [1.807, 2.05) is 0 Å². The number of methoxy groups -OCH3 is 1. The van der Waals surface area contributed by atoms with Crippen molar-refractivity contribution in [1.82, 2.24) is 0 Å². The fraction of sp³-hybridized carbons (Fsp3) is 0.300. The Labute approximate surface area is 106 Å². The van der Waals surface area contributed by atoms with Crippen molar-refractivity contribution in [2.45, 2.75) is 13.0 Å². The third kappa shape index (κ3) is 4.02. The zero-order chi connectivity index (χ0) is 13.0. The Bertz CT molecular complexity index is 401. The number of halogens is 4. The van der Waals surface area contributed by atoms with Crippen LogP contribution in [0.4, 0.5) is 8.78 Å². The van der Waals surface area contributed by atoms with Crippen molar-refractivity contribution in [2.24, 2.45) is 0 Å². The number of hydrogen-bond acceptors (Lipinski definition) is 3. The molecule has 0 spiro atoms. The van der Waals surface area contributed by atoms with Crippen LogP contribution in [0.25, 0.3) is 0 Å². The highest BCUT2D eigenvalue weighted by atomic mass is 35.5. The molecule has 94 valence electrons. The van der Waals surface area contributed by atoms with Crippen LogP contribution in [0.3, 0.4) is 0 Å². The molecule has 0 aliphatic carbocycles. The van der Waals surface area contributed by atoms with Crippen LogP contribution in [-0.2, 0) is 16.0 Å². The molecule has 0 fully saturated rings. The topological polar surface area (TPSA) is 35.5 Å². The number of alkyl halides is 2. The Morgan fingerprint density at radius 3 is 2.29 bits per heavy atom. The largest absolute Gasteiger partial charge is 0.469 e. The Hall–Kier alpha value is -1.07. The van der Waals surface area contributed by atoms with Gasteiger partial charge < -0.3 is 9.47 Å². The molecule has 0 saturated heterocycles. The van der Waals surface area contributed by atoms with Gasteiger partial charge in [0.25, 0.3) is 0 Å². The highest BCUT2D eigenvalue weighted by Gasteiger charge is 2.14. The van der Waals surface area contributed by atoms with Gasteiger partial charge in [-0.15, -0.1) is 0 Å². The first kappa shape index (κ1) is 14.0. The van der Waals surface area contributed by atoms with Gasteiger partial charge in [0.1, 0.15) is 5.75 Å². The quantitative estimate of drug-likeness (QED) is 0.796. The van der Waals surface area contributed by atoms with E-state index in [1.165, 1.54) is 7.11 Å².